The van der Waals surface area contributed by atoms with Gasteiger partial charge in [-0.2, -0.15) is 0 Å². The van der Waals surface area contributed by atoms with Crippen LogP contribution in [0.25, 0.3) is 10.6 Å². The van der Waals surface area contributed by atoms with Crippen LogP contribution in [0.1, 0.15) is 24.4 Å². The summed E-state index contributed by atoms with van der Waals surface area (Å²) in [7, 11) is 1.46. The molecule has 20 heavy (non-hydrogen) atoms. The van der Waals surface area contributed by atoms with E-state index in [9.17, 15) is 4.39 Å². The molecule has 0 saturated heterocycles. The molecule has 2 aromatic rings. The Hall–Kier alpha value is -1.46. The predicted molar refractivity (Wildman–Crippen MR) is 80.8 cm³/mol. The van der Waals surface area contributed by atoms with Gasteiger partial charge in [-0.3, -0.25) is 0 Å². The number of benzene rings is 1. The SMILES string of the molecule is CC.COc1ccc(-c2nc3c(s2)CNCC3)cc1F. The second kappa shape index (κ2) is 6.81. The minimum absolute atomic E-state index is 0.265. The molecule has 3 nitrogen and oxygen atoms in total. The zero-order valence-electron chi connectivity index (χ0n) is 12.0. The normalized spacial score (nSPS) is 13.2. The lowest BCUT2D eigenvalue weighted by atomic mass is 10.2. The van der Waals surface area contributed by atoms with Crippen molar-refractivity contribution in [3.05, 3.63) is 34.6 Å². The first kappa shape index (κ1) is 14.9. The van der Waals surface area contributed by atoms with Gasteiger partial charge in [-0.15, -0.1) is 11.3 Å². The molecule has 0 saturated carbocycles. The van der Waals surface area contributed by atoms with Crippen LogP contribution in [0.15, 0.2) is 18.2 Å². The molecule has 1 aromatic heterocycles. The van der Waals surface area contributed by atoms with Crippen molar-refractivity contribution in [2.75, 3.05) is 13.7 Å². The van der Waals surface area contributed by atoms with Gasteiger partial charge < -0.3 is 10.1 Å². The molecule has 0 spiro atoms. The standard InChI is InChI=1S/C13H13FN2OS.C2H6/c1-17-11-3-2-8(6-9(11)14)13-16-10-4-5-15-7-12(10)18-13;1-2/h2-3,6,15H,4-5,7H2,1H3;1-2H3. The summed E-state index contributed by atoms with van der Waals surface area (Å²) in [5.41, 5.74) is 1.96. The zero-order valence-corrected chi connectivity index (χ0v) is 12.8. The molecule has 1 aromatic carbocycles. The highest BCUT2D eigenvalue weighted by molar-refractivity contribution is 7.15. The largest absolute Gasteiger partial charge is 0.494 e. The number of rotatable bonds is 2. The molecule has 0 radical (unpaired) electrons. The summed E-state index contributed by atoms with van der Waals surface area (Å²) < 4.78 is 18.6. The summed E-state index contributed by atoms with van der Waals surface area (Å²) in [6, 6.07) is 4.97. The Morgan fingerprint density at radius 2 is 2.15 bits per heavy atom. The average molecular weight is 294 g/mol. The van der Waals surface area contributed by atoms with Gasteiger partial charge in [-0.05, 0) is 18.2 Å². The van der Waals surface area contributed by atoms with Crippen LogP contribution in [-0.2, 0) is 13.0 Å². The van der Waals surface area contributed by atoms with E-state index in [1.54, 1.807) is 17.4 Å². The van der Waals surface area contributed by atoms with Crippen LogP contribution in [0.3, 0.4) is 0 Å². The number of halogens is 1. The Balaban J connectivity index is 0.000000704. The molecule has 108 valence electrons. The van der Waals surface area contributed by atoms with Crippen molar-refractivity contribution < 1.29 is 9.13 Å². The van der Waals surface area contributed by atoms with Gasteiger partial charge in [0.1, 0.15) is 5.01 Å². The van der Waals surface area contributed by atoms with Gasteiger partial charge in [-0.25, -0.2) is 9.37 Å². The quantitative estimate of drug-likeness (QED) is 0.918. The Labute approximate surface area is 122 Å². The fourth-order valence-corrected chi connectivity index (χ4v) is 3.12. The minimum Gasteiger partial charge on any atom is -0.494 e. The van der Waals surface area contributed by atoms with Crippen LogP contribution in [0, 0.1) is 5.82 Å². The summed E-state index contributed by atoms with van der Waals surface area (Å²) in [6.07, 6.45) is 0.949. The first-order valence-corrected chi connectivity index (χ1v) is 7.63. The summed E-state index contributed by atoms with van der Waals surface area (Å²) in [5, 5.41) is 4.19. The van der Waals surface area contributed by atoms with E-state index in [1.807, 2.05) is 19.9 Å². The van der Waals surface area contributed by atoms with Gasteiger partial charge in [0.15, 0.2) is 11.6 Å². The van der Waals surface area contributed by atoms with Crippen molar-refractivity contribution in [1.82, 2.24) is 10.3 Å². The van der Waals surface area contributed by atoms with Gasteiger partial charge in [0, 0.05) is 30.0 Å². The summed E-state index contributed by atoms with van der Waals surface area (Å²) in [4.78, 5) is 5.85. The molecule has 2 heterocycles. The van der Waals surface area contributed by atoms with E-state index < -0.39 is 0 Å². The van der Waals surface area contributed by atoms with E-state index in [-0.39, 0.29) is 11.6 Å². The molecular formula is C15H19FN2OS. The van der Waals surface area contributed by atoms with Crippen LogP contribution in [0.4, 0.5) is 4.39 Å². The van der Waals surface area contributed by atoms with Gasteiger partial charge in [0.2, 0.25) is 0 Å². The predicted octanol–water partition coefficient (Wildman–Crippen LogP) is 3.63. The molecule has 3 rings (SSSR count). The molecule has 0 fully saturated rings. The number of fused-ring (bicyclic) bond motifs is 1. The van der Waals surface area contributed by atoms with E-state index in [0.717, 1.165) is 35.8 Å². The number of nitrogens with one attached hydrogen (secondary N) is 1. The van der Waals surface area contributed by atoms with Gasteiger partial charge in [-0.1, -0.05) is 13.8 Å². The van der Waals surface area contributed by atoms with E-state index in [1.165, 1.54) is 18.1 Å². The lowest BCUT2D eigenvalue weighted by Crippen LogP contribution is -2.22. The third kappa shape index (κ3) is 2.99. The maximum atomic E-state index is 13.7. The van der Waals surface area contributed by atoms with E-state index in [2.05, 4.69) is 10.3 Å². The molecule has 0 unspecified atom stereocenters. The number of ether oxygens (including phenoxy) is 1. The zero-order chi connectivity index (χ0) is 14.5. The van der Waals surface area contributed by atoms with Crippen molar-refractivity contribution in [3.8, 4) is 16.3 Å². The van der Waals surface area contributed by atoms with Gasteiger partial charge in [0.25, 0.3) is 0 Å². The highest BCUT2D eigenvalue weighted by Gasteiger charge is 2.16. The number of nitrogens with zero attached hydrogens (tertiary/aromatic N) is 1. The molecular weight excluding hydrogens is 275 g/mol. The number of thiazole rings is 1. The molecule has 0 aliphatic carbocycles. The molecule has 1 aliphatic rings. The van der Waals surface area contributed by atoms with Crippen LogP contribution < -0.4 is 10.1 Å². The Kier molecular flexibility index (Phi) is 5.09. The minimum atomic E-state index is -0.346. The van der Waals surface area contributed by atoms with Gasteiger partial charge >= 0.3 is 0 Å². The maximum Gasteiger partial charge on any atom is 0.165 e. The Morgan fingerprint density at radius 1 is 1.35 bits per heavy atom. The number of methoxy groups -OCH3 is 1. The van der Waals surface area contributed by atoms with Crippen LogP contribution >= 0.6 is 11.3 Å². The molecule has 0 amide bonds. The fraction of sp³-hybridized carbons (Fsp3) is 0.400. The monoisotopic (exact) mass is 294 g/mol. The smallest absolute Gasteiger partial charge is 0.165 e. The average Bonchev–Trinajstić information content (AvgIpc) is 2.93. The van der Waals surface area contributed by atoms with Gasteiger partial charge in [0.05, 0.1) is 12.8 Å². The lowest BCUT2D eigenvalue weighted by Gasteiger charge is -2.09. The van der Waals surface area contributed by atoms with Crippen molar-refractivity contribution in [1.29, 1.82) is 0 Å². The first-order valence-electron chi connectivity index (χ1n) is 6.81. The highest BCUT2D eigenvalue weighted by Crippen LogP contribution is 2.31. The topological polar surface area (TPSA) is 34.1 Å². The second-order valence-corrected chi connectivity index (χ2v) is 5.25. The number of hydrogen-bond donors (Lipinski definition) is 1. The van der Waals surface area contributed by atoms with Crippen molar-refractivity contribution in [2.45, 2.75) is 26.8 Å². The first-order chi connectivity index (χ1) is 9.78. The lowest BCUT2D eigenvalue weighted by molar-refractivity contribution is 0.386. The highest BCUT2D eigenvalue weighted by atomic mass is 32.1. The molecule has 1 aliphatic heterocycles. The number of hydrogen-bond acceptors (Lipinski definition) is 4. The second-order valence-electron chi connectivity index (χ2n) is 4.16. The van der Waals surface area contributed by atoms with Crippen LogP contribution in [0.5, 0.6) is 5.75 Å². The third-order valence-corrected chi connectivity index (χ3v) is 4.15. The maximum absolute atomic E-state index is 13.7. The molecule has 1 N–H and O–H groups in total. The van der Waals surface area contributed by atoms with Crippen LogP contribution in [0.2, 0.25) is 0 Å². The summed E-state index contributed by atoms with van der Waals surface area (Å²) in [6.45, 7) is 5.83. The summed E-state index contributed by atoms with van der Waals surface area (Å²) in [5.74, 6) is -0.0805. The third-order valence-electron chi connectivity index (χ3n) is 3.00. The molecule has 5 heteroatoms. The summed E-state index contributed by atoms with van der Waals surface area (Å²) >= 11 is 1.63. The fourth-order valence-electron chi connectivity index (χ4n) is 2.05. The van der Waals surface area contributed by atoms with E-state index >= 15 is 0 Å². The van der Waals surface area contributed by atoms with Crippen LogP contribution in [-0.4, -0.2) is 18.6 Å². The van der Waals surface area contributed by atoms with Crippen molar-refractivity contribution >= 4 is 11.3 Å². The van der Waals surface area contributed by atoms with E-state index in [0.29, 0.717) is 0 Å². The Morgan fingerprint density at radius 3 is 2.80 bits per heavy atom. The van der Waals surface area contributed by atoms with Crippen molar-refractivity contribution in [2.24, 2.45) is 0 Å². The molecule has 0 atom stereocenters. The Bertz CT molecular complexity index is 560. The van der Waals surface area contributed by atoms with E-state index in [4.69, 9.17) is 4.74 Å². The molecule has 0 bridgehead atoms. The van der Waals surface area contributed by atoms with Crippen molar-refractivity contribution in [3.63, 3.8) is 0 Å². The number of aromatic nitrogens is 1.